The number of hydrazone groups is 1. The third-order valence-electron chi connectivity index (χ3n) is 1.89. The summed E-state index contributed by atoms with van der Waals surface area (Å²) < 4.78 is 13.2. The molecule has 0 amide bonds. The predicted molar refractivity (Wildman–Crippen MR) is 53.7 cm³/mol. The molecule has 1 rings (SSSR count). The van der Waals surface area contributed by atoms with Gasteiger partial charge in [0.15, 0.2) is 0 Å². The first kappa shape index (κ1) is 10.3. The van der Waals surface area contributed by atoms with Gasteiger partial charge in [-0.25, -0.2) is 4.39 Å². The molecule has 0 aliphatic rings. The number of benzene rings is 1. The molecule has 1 aromatic rings. The molecule has 0 saturated heterocycles. The van der Waals surface area contributed by atoms with Crippen LogP contribution in [0, 0.1) is 5.82 Å². The summed E-state index contributed by atoms with van der Waals surface area (Å²) in [6.07, 6.45) is 0. The second-order valence-electron chi connectivity index (χ2n) is 2.93. The molecular weight excluding hydrogens is 183 g/mol. The monoisotopic (exact) mass is 196 g/mol. The van der Waals surface area contributed by atoms with Crippen molar-refractivity contribution in [3.8, 4) is 0 Å². The lowest BCUT2D eigenvalue weighted by Crippen LogP contribution is -2.34. The summed E-state index contributed by atoms with van der Waals surface area (Å²) in [5.41, 5.74) is 6.00. The molecule has 0 aliphatic heterocycles. The molecule has 1 aromatic carbocycles. The van der Waals surface area contributed by atoms with E-state index in [1.54, 1.807) is 30.1 Å². The Morgan fingerprint density at radius 3 is 2.71 bits per heavy atom. The zero-order valence-corrected chi connectivity index (χ0v) is 7.94. The van der Waals surface area contributed by atoms with Crippen molar-refractivity contribution in [1.29, 1.82) is 0 Å². The van der Waals surface area contributed by atoms with Gasteiger partial charge in [-0.2, -0.15) is 0 Å². The van der Waals surface area contributed by atoms with Gasteiger partial charge in [-0.1, -0.05) is 18.2 Å². The standard InChI is InChI=1S/C9H13FN4/c1-14(9(11)13-12)6-7-4-2-3-5-8(7)10/h2-5H,6,12H2,1H3,(H2,11,13). The molecule has 5 heteroatoms. The van der Waals surface area contributed by atoms with Crippen LogP contribution in [0.2, 0.25) is 0 Å². The SMILES string of the molecule is CN(Cc1ccccc1F)/C(N)=N/N. The smallest absolute Gasteiger partial charge is 0.213 e. The molecule has 0 aliphatic carbocycles. The van der Waals surface area contributed by atoms with Gasteiger partial charge in [-0.3, -0.25) is 0 Å². The molecule has 0 fully saturated rings. The highest BCUT2D eigenvalue weighted by Gasteiger charge is 2.05. The fourth-order valence-electron chi connectivity index (χ4n) is 1.06. The minimum Gasteiger partial charge on any atom is -0.368 e. The maximum absolute atomic E-state index is 13.2. The molecule has 0 bridgehead atoms. The van der Waals surface area contributed by atoms with Crippen molar-refractivity contribution in [3.05, 3.63) is 35.6 Å². The molecule has 0 spiro atoms. The summed E-state index contributed by atoms with van der Waals surface area (Å²) in [6, 6.07) is 6.50. The Balaban J connectivity index is 2.74. The molecule has 4 nitrogen and oxygen atoms in total. The van der Waals surface area contributed by atoms with Crippen molar-refractivity contribution in [1.82, 2.24) is 4.90 Å². The largest absolute Gasteiger partial charge is 0.368 e. The minimum absolute atomic E-state index is 0.174. The lowest BCUT2D eigenvalue weighted by molar-refractivity contribution is 0.473. The second kappa shape index (κ2) is 4.45. The lowest BCUT2D eigenvalue weighted by atomic mass is 10.2. The first-order valence-corrected chi connectivity index (χ1v) is 4.13. The molecule has 0 saturated carbocycles. The molecular formula is C9H13FN4. The van der Waals surface area contributed by atoms with E-state index < -0.39 is 0 Å². The van der Waals surface area contributed by atoms with E-state index in [9.17, 15) is 4.39 Å². The maximum Gasteiger partial charge on any atom is 0.213 e. The second-order valence-corrected chi connectivity index (χ2v) is 2.93. The maximum atomic E-state index is 13.2. The molecule has 0 atom stereocenters. The van der Waals surface area contributed by atoms with E-state index >= 15 is 0 Å². The van der Waals surface area contributed by atoms with E-state index in [2.05, 4.69) is 5.10 Å². The van der Waals surface area contributed by atoms with Gasteiger partial charge >= 0.3 is 0 Å². The van der Waals surface area contributed by atoms with Gasteiger partial charge in [-0.15, -0.1) is 5.10 Å². The highest BCUT2D eigenvalue weighted by Crippen LogP contribution is 2.08. The molecule has 4 N–H and O–H groups in total. The van der Waals surface area contributed by atoms with Gasteiger partial charge in [0.1, 0.15) is 5.82 Å². The number of hydrogen-bond donors (Lipinski definition) is 2. The van der Waals surface area contributed by atoms with Crippen molar-refractivity contribution in [2.45, 2.75) is 6.54 Å². The topological polar surface area (TPSA) is 67.6 Å². The summed E-state index contributed by atoms with van der Waals surface area (Å²) in [4.78, 5) is 1.57. The number of hydrogen-bond acceptors (Lipinski definition) is 2. The van der Waals surface area contributed by atoms with Crippen molar-refractivity contribution < 1.29 is 4.39 Å². The van der Waals surface area contributed by atoms with Gasteiger partial charge in [-0.05, 0) is 6.07 Å². The molecule has 14 heavy (non-hydrogen) atoms. The van der Waals surface area contributed by atoms with Crippen LogP contribution in [-0.2, 0) is 6.54 Å². The van der Waals surface area contributed by atoms with Crippen LogP contribution in [0.1, 0.15) is 5.56 Å². The van der Waals surface area contributed by atoms with E-state index in [1.165, 1.54) is 6.07 Å². The van der Waals surface area contributed by atoms with E-state index in [4.69, 9.17) is 11.6 Å². The highest BCUT2D eigenvalue weighted by atomic mass is 19.1. The fourth-order valence-corrected chi connectivity index (χ4v) is 1.06. The van der Waals surface area contributed by atoms with Crippen molar-refractivity contribution in [3.63, 3.8) is 0 Å². The molecule has 0 aromatic heterocycles. The van der Waals surface area contributed by atoms with Crippen LogP contribution in [0.15, 0.2) is 29.4 Å². The van der Waals surface area contributed by atoms with E-state index in [0.717, 1.165) is 0 Å². The Labute approximate surface area is 82.0 Å². The van der Waals surface area contributed by atoms with E-state index in [0.29, 0.717) is 12.1 Å². The van der Waals surface area contributed by atoms with Crippen LogP contribution < -0.4 is 11.6 Å². The number of rotatable bonds is 2. The summed E-state index contributed by atoms with van der Waals surface area (Å²) in [7, 11) is 1.69. The minimum atomic E-state index is -0.260. The third kappa shape index (κ3) is 2.35. The average molecular weight is 196 g/mol. The molecule has 0 unspecified atom stereocenters. The molecule has 0 heterocycles. The van der Waals surface area contributed by atoms with Gasteiger partial charge in [0.25, 0.3) is 0 Å². The van der Waals surface area contributed by atoms with Crippen molar-refractivity contribution in [2.24, 2.45) is 16.7 Å². The summed E-state index contributed by atoms with van der Waals surface area (Å²) in [6.45, 7) is 0.346. The number of guanidine groups is 1. The Bertz CT molecular complexity index is 337. The van der Waals surface area contributed by atoms with Crippen molar-refractivity contribution in [2.75, 3.05) is 7.05 Å². The van der Waals surface area contributed by atoms with Crippen LogP contribution in [0.3, 0.4) is 0 Å². The Morgan fingerprint density at radius 1 is 1.50 bits per heavy atom. The number of halogens is 1. The van der Waals surface area contributed by atoms with Crippen molar-refractivity contribution >= 4 is 5.96 Å². The zero-order chi connectivity index (χ0) is 10.6. The fraction of sp³-hybridized carbons (Fsp3) is 0.222. The van der Waals surface area contributed by atoms with Crippen LogP contribution in [0.4, 0.5) is 4.39 Å². The Morgan fingerprint density at radius 2 is 2.14 bits per heavy atom. The molecule has 76 valence electrons. The van der Waals surface area contributed by atoms with Crippen LogP contribution >= 0.6 is 0 Å². The highest BCUT2D eigenvalue weighted by molar-refractivity contribution is 5.77. The quantitative estimate of drug-likeness (QED) is 0.312. The number of nitrogens with two attached hydrogens (primary N) is 2. The molecule has 0 radical (unpaired) electrons. The first-order chi connectivity index (χ1) is 6.65. The Kier molecular flexibility index (Phi) is 3.28. The van der Waals surface area contributed by atoms with E-state index in [1.807, 2.05) is 0 Å². The summed E-state index contributed by atoms with van der Waals surface area (Å²) >= 11 is 0. The lowest BCUT2D eigenvalue weighted by Gasteiger charge is -2.17. The zero-order valence-electron chi connectivity index (χ0n) is 7.94. The normalized spacial score (nSPS) is 11.4. The summed E-state index contributed by atoms with van der Waals surface area (Å²) in [5.74, 6) is 4.91. The van der Waals surface area contributed by atoms with E-state index in [-0.39, 0.29) is 11.8 Å². The predicted octanol–water partition coefficient (Wildman–Crippen LogP) is 0.446. The van der Waals surface area contributed by atoms with Crippen LogP contribution in [-0.4, -0.2) is 17.9 Å². The first-order valence-electron chi connectivity index (χ1n) is 4.13. The van der Waals surface area contributed by atoms with Gasteiger partial charge < -0.3 is 16.5 Å². The average Bonchev–Trinajstić information content (AvgIpc) is 2.20. The Hall–Kier alpha value is -1.78. The van der Waals surface area contributed by atoms with Gasteiger partial charge in [0, 0.05) is 19.2 Å². The third-order valence-corrected chi connectivity index (χ3v) is 1.89. The van der Waals surface area contributed by atoms with Gasteiger partial charge in [0.2, 0.25) is 5.96 Å². The van der Waals surface area contributed by atoms with Gasteiger partial charge in [0.05, 0.1) is 0 Å². The number of nitrogens with zero attached hydrogens (tertiary/aromatic N) is 2. The van der Waals surface area contributed by atoms with Crippen LogP contribution in [0.5, 0.6) is 0 Å². The summed E-state index contributed by atoms with van der Waals surface area (Å²) in [5, 5.41) is 3.31. The van der Waals surface area contributed by atoms with Crippen LogP contribution in [0.25, 0.3) is 0 Å².